The summed E-state index contributed by atoms with van der Waals surface area (Å²) in [5, 5.41) is 3.17. The summed E-state index contributed by atoms with van der Waals surface area (Å²) in [7, 11) is -3.46. The van der Waals surface area contributed by atoms with Crippen molar-refractivity contribution < 1.29 is 17.9 Å². The first-order chi connectivity index (χ1) is 11.9. The van der Waals surface area contributed by atoms with Crippen LogP contribution in [0.3, 0.4) is 0 Å². The summed E-state index contributed by atoms with van der Waals surface area (Å²) < 4.78 is 29.2. The summed E-state index contributed by atoms with van der Waals surface area (Å²) in [6.45, 7) is 9.47. The van der Waals surface area contributed by atoms with Crippen molar-refractivity contribution >= 4 is 40.6 Å². The molecule has 2 heterocycles. The van der Waals surface area contributed by atoms with Gasteiger partial charge >= 0.3 is 0 Å². The number of carbonyl (C=O) groups is 1. The average Bonchev–Trinajstić information content (AvgIpc) is 2.61. The second-order valence-corrected chi connectivity index (χ2v) is 9.39. The van der Waals surface area contributed by atoms with Crippen LogP contribution in [0, 0.1) is 0 Å². The molecule has 0 aromatic rings. The van der Waals surface area contributed by atoms with Crippen molar-refractivity contribution in [3.63, 3.8) is 0 Å². The SMILES string of the molecule is CCOCCN1CCN(C(=O)C2(S(C)(=O)=O)CCNCC2)CC1CC.Cl.Cl. The molecule has 0 aliphatic carbocycles. The highest BCUT2D eigenvalue weighted by Crippen LogP contribution is 2.31. The first-order valence-corrected chi connectivity index (χ1v) is 11.3. The predicted molar refractivity (Wildman–Crippen MR) is 113 cm³/mol. The molecule has 0 aromatic heterocycles. The number of ether oxygens (including phenoxy) is 1. The Morgan fingerprint density at radius 1 is 1.19 bits per heavy atom. The highest BCUT2D eigenvalue weighted by molar-refractivity contribution is 7.92. The Labute approximate surface area is 176 Å². The van der Waals surface area contributed by atoms with Crippen LogP contribution in [0.15, 0.2) is 0 Å². The lowest BCUT2D eigenvalue weighted by Crippen LogP contribution is -2.63. The number of piperazine rings is 1. The largest absolute Gasteiger partial charge is 0.380 e. The minimum absolute atomic E-state index is 0. The van der Waals surface area contributed by atoms with Crippen molar-refractivity contribution in [3.8, 4) is 0 Å². The molecule has 1 amide bonds. The Bertz CT molecular complexity index is 556. The highest BCUT2D eigenvalue weighted by Gasteiger charge is 2.51. The quantitative estimate of drug-likeness (QED) is 0.585. The number of nitrogens with zero attached hydrogens (tertiary/aromatic N) is 2. The number of halogens is 2. The molecule has 2 aliphatic rings. The van der Waals surface area contributed by atoms with Gasteiger partial charge in [-0.1, -0.05) is 6.92 Å². The molecule has 27 heavy (non-hydrogen) atoms. The maximum absolute atomic E-state index is 13.2. The van der Waals surface area contributed by atoms with Crippen LogP contribution < -0.4 is 5.32 Å². The van der Waals surface area contributed by atoms with E-state index < -0.39 is 14.6 Å². The van der Waals surface area contributed by atoms with Crippen LogP contribution >= 0.6 is 24.8 Å². The Kier molecular flexibility index (Phi) is 11.7. The van der Waals surface area contributed by atoms with Crippen molar-refractivity contribution in [1.82, 2.24) is 15.1 Å². The zero-order valence-corrected chi connectivity index (χ0v) is 19.1. The Morgan fingerprint density at radius 3 is 2.33 bits per heavy atom. The molecule has 10 heteroatoms. The van der Waals surface area contributed by atoms with Gasteiger partial charge in [-0.3, -0.25) is 9.69 Å². The van der Waals surface area contributed by atoms with Gasteiger partial charge in [0.2, 0.25) is 5.91 Å². The number of rotatable bonds is 7. The molecule has 7 nitrogen and oxygen atoms in total. The van der Waals surface area contributed by atoms with E-state index in [0.717, 1.165) is 19.5 Å². The Hall–Kier alpha value is -0.120. The van der Waals surface area contributed by atoms with E-state index in [1.54, 1.807) is 4.90 Å². The maximum atomic E-state index is 13.2. The molecule has 1 atom stereocenters. The maximum Gasteiger partial charge on any atom is 0.244 e. The normalized spacial score (nSPS) is 23.2. The first kappa shape index (κ1) is 26.9. The fourth-order valence-corrected chi connectivity index (χ4v) is 5.34. The number of hydrogen-bond donors (Lipinski definition) is 1. The van der Waals surface area contributed by atoms with Crippen molar-refractivity contribution in [1.29, 1.82) is 0 Å². The van der Waals surface area contributed by atoms with E-state index in [4.69, 9.17) is 4.74 Å². The summed E-state index contributed by atoms with van der Waals surface area (Å²) in [5.74, 6) is -0.195. The molecule has 0 spiro atoms. The van der Waals surface area contributed by atoms with Crippen LogP contribution in [-0.4, -0.2) is 93.7 Å². The molecule has 1 N–H and O–H groups in total. The van der Waals surface area contributed by atoms with E-state index in [1.807, 2.05) is 6.92 Å². The third-order valence-electron chi connectivity index (χ3n) is 5.60. The van der Waals surface area contributed by atoms with Gasteiger partial charge in [0.15, 0.2) is 14.6 Å². The summed E-state index contributed by atoms with van der Waals surface area (Å²) in [6, 6.07) is 0.261. The molecule has 2 rings (SSSR count). The van der Waals surface area contributed by atoms with Crippen molar-refractivity contribution in [2.24, 2.45) is 0 Å². The molecule has 0 aromatic carbocycles. The number of nitrogens with one attached hydrogen (secondary N) is 1. The lowest BCUT2D eigenvalue weighted by Gasteiger charge is -2.45. The molecular formula is C17H35Cl2N3O4S. The van der Waals surface area contributed by atoms with Gasteiger partial charge in [-0.25, -0.2) is 8.42 Å². The number of piperidine rings is 1. The number of carbonyl (C=O) groups excluding carboxylic acids is 1. The van der Waals surface area contributed by atoms with Crippen LogP contribution in [-0.2, 0) is 19.4 Å². The molecule has 0 saturated carbocycles. The van der Waals surface area contributed by atoms with E-state index in [1.165, 1.54) is 6.26 Å². The van der Waals surface area contributed by atoms with Gasteiger partial charge < -0.3 is 15.0 Å². The molecule has 1 unspecified atom stereocenters. The van der Waals surface area contributed by atoms with Crippen LogP contribution in [0.2, 0.25) is 0 Å². The van der Waals surface area contributed by atoms with Crippen molar-refractivity contribution in [3.05, 3.63) is 0 Å². The highest BCUT2D eigenvalue weighted by atomic mass is 35.5. The minimum Gasteiger partial charge on any atom is -0.380 e. The van der Waals surface area contributed by atoms with Gasteiger partial charge in [-0.2, -0.15) is 0 Å². The van der Waals surface area contributed by atoms with Gasteiger partial charge in [-0.15, -0.1) is 24.8 Å². The third-order valence-corrected chi connectivity index (χ3v) is 7.60. The monoisotopic (exact) mass is 447 g/mol. The number of sulfone groups is 1. The molecule has 2 fully saturated rings. The minimum atomic E-state index is -3.46. The van der Waals surface area contributed by atoms with Crippen LogP contribution in [0.4, 0.5) is 0 Å². The summed E-state index contributed by atoms with van der Waals surface area (Å²) in [6.07, 6.45) is 2.88. The molecule has 162 valence electrons. The van der Waals surface area contributed by atoms with Gasteiger partial charge in [0.05, 0.1) is 6.61 Å². The molecule has 2 saturated heterocycles. The average molecular weight is 448 g/mol. The van der Waals surface area contributed by atoms with E-state index in [0.29, 0.717) is 52.2 Å². The van der Waals surface area contributed by atoms with Gasteiger partial charge in [0.1, 0.15) is 0 Å². The predicted octanol–water partition coefficient (Wildman–Crippen LogP) is 0.956. The van der Waals surface area contributed by atoms with Crippen molar-refractivity contribution in [2.75, 3.05) is 58.7 Å². The Morgan fingerprint density at radius 2 is 1.81 bits per heavy atom. The van der Waals surface area contributed by atoms with Gasteiger partial charge in [0, 0.05) is 45.1 Å². The fraction of sp³-hybridized carbons (Fsp3) is 0.941. The van der Waals surface area contributed by atoms with Crippen molar-refractivity contribution in [2.45, 2.75) is 43.9 Å². The molecule has 0 radical (unpaired) electrons. The van der Waals surface area contributed by atoms with E-state index >= 15 is 0 Å². The fourth-order valence-electron chi connectivity index (χ4n) is 3.95. The van der Waals surface area contributed by atoms with Gasteiger partial charge in [0.25, 0.3) is 0 Å². The van der Waals surface area contributed by atoms with E-state index in [2.05, 4.69) is 17.1 Å². The second-order valence-electron chi connectivity index (χ2n) is 7.06. The standard InChI is InChI=1S/C17H33N3O4S.2ClH/c1-4-15-14-20(11-10-19(15)12-13-24-5-2)16(21)17(25(3,22)23)6-8-18-9-7-17;;/h15,18H,4-14H2,1-3H3;2*1H. The lowest BCUT2D eigenvalue weighted by atomic mass is 9.94. The third kappa shape index (κ3) is 6.18. The summed E-state index contributed by atoms with van der Waals surface area (Å²) in [4.78, 5) is 17.4. The number of amides is 1. The summed E-state index contributed by atoms with van der Waals surface area (Å²) in [5.41, 5.74) is 0. The molecule has 2 aliphatic heterocycles. The number of hydrogen-bond acceptors (Lipinski definition) is 6. The summed E-state index contributed by atoms with van der Waals surface area (Å²) >= 11 is 0. The smallest absolute Gasteiger partial charge is 0.244 e. The van der Waals surface area contributed by atoms with E-state index in [9.17, 15) is 13.2 Å². The lowest BCUT2D eigenvalue weighted by molar-refractivity contribution is -0.138. The molecular weight excluding hydrogens is 413 g/mol. The zero-order valence-electron chi connectivity index (χ0n) is 16.6. The Balaban J connectivity index is 0.00000338. The van der Waals surface area contributed by atoms with Gasteiger partial charge in [-0.05, 0) is 39.3 Å². The first-order valence-electron chi connectivity index (χ1n) is 9.37. The molecule has 0 bridgehead atoms. The van der Waals surface area contributed by atoms with Crippen LogP contribution in [0.1, 0.15) is 33.1 Å². The van der Waals surface area contributed by atoms with Crippen LogP contribution in [0.5, 0.6) is 0 Å². The van der Waals surface area contributed by atoms with Crippen LogP contribution in [0.25, 0.3) is 0 Å². The second kappa shape index (κ2) is 11.8. The zero-order chi connectivity index (χ0) is 18.5. The van der Waals surface area contributed by atoms with E-state index in [-0.39, 0.29) is 36.8 Å². The topological polar surface area (TPSA) is 79.0 Å².